The van der Waals surface area contributed by atoms with Gasteiger partial charge in [0.15, 0.2) is 0 Å². The van der Waals surface area contributed by atoms with Crippen molar-refractivity contribution < 1.29 is 42.9 Å². The first kappa shape index (κ1) is 31.2. The smallest absolute Gasteiger partial charge is 0.408 e. The number of nitrogens with one attached hydrogen (secondary N) is 3. The Bertz CT molecular complexity index is 1040. The number of nitrogens with two attached hydrogens (primary N) is 1. The number of ether oxygens (including phenoxy) is 1. The molecule has 14 heteroatoms. The van der Waals surface area contributed by atoms with Crippen LogP contribution >= 0.6 is 0 Å². The van der Waals surface area contributed by atoms with Gasteiger partial charge in [0.05, 0.1) is 6.42 Å². The van der Waals surface area contributed by atoms with Gasteiger partial charge in [0.1, 0.15) is 24.9 Å². The van der Waals surface area contributed by atoms with Crippen LogP contribution in [0.2, 0.25) is 0 Å². The Morgan fingerprint density at radius 3 is 1.95 bits per heavy atom. The average molecular weight is 538 g/mol. The molecule has 2 aromatic carbocycles. The van der Waals surface area contributed by atoms with Gasteiger partial charge in [0.25, 0.3) is 0 Å². The fraction of sp³-hybridized carbons (Fsp3) is 0.304. The molecule has 4 unspecified atom stereocenters. The van der Waals surface area contributed by atoms with Crippen LogP contribution in [0, 0.1) is 0 Å². The van der Waals surface area contributed by atoms with E-state index in [4.69, 9.17) is 15.6 Å². The third-order valence-electron chi connectivity index (χ3n) is 4.39. The van der Waals surface area contributed by atoms with Gasteiger partial charge in [0, 0.05) is 17.7 Å². The van der Waals surface area contributed by atoms with Crippen LogP contribution in [0.3, 0.4) is 0 Å². The zero-order valence-electron chi connectivity index (χ0n) is 19.9. The summed E-state index contributed by atoms with van der Waals surface area (Å²) in [7, 11) is 0. The molecule has 0 aliphatic carbocycles. The topological polar surface area (TPSA) is 220 Å². The Morgan fingerprint density at radius 1 is 0.973 bits per heavy atom. The number of amides is 3. The van der Waals surface area contributed by atoms with Gasteiger partial charge in [-0.05, 0) is 18.1 Å². The average Bonchev–Trinajstić information content (AvgIpc) is 2.82. The molecule has 0 fully saturated rings. The van der Waals surface area contributed by atoms with Crippen molar-refractivity contribution in [2.45, 2.75) is 44.7 Å². The number of primary amides is 1. The van der Waals surface area contributed by atoms with Gasteiger partial charge in [-0.1, -0.05) is 60.7 Å². The van der Waals surface area contributed by atoms with Gasteiger partial charge in [-0.3, -0.25) is 13.8 Å². The van der Waals surface area contributed by atoms with E-state index in [1.807, 2.05) is 6.07 Å². The van der Waals surface area contributed by atoms with E-state index < -0.39 is 59.9 Å². The van der Waals surface area contributed by atoms with E-state index in [1.165, 1.54) is 6.92 Å². The molecule has 0 aliphatic rings. The molecule has 0 heterocycles. The van der Waals surface area contributed by atoms with Crippen molar-refractivity contribution in [2.75, 3.05) is 0 Å². The Hall–Kier alpha value is -3.85. The number of carbonyl (C=O) groups excluding carboxylic acids is 3. The summed E-state index contributed by atoms with van der Waals surface area (Å²) in [5.41, 5.74) is 6.59. The van der Waals surface area contributed by atoms with Crippen LogP contribution in [0.4, 0.5) is 4.79 Å². The minimum absolute atomic E-state index is 0.0314. The molecule has 37 heavy (non-hydrogen) atoms. The second-order valence-corrected chi connectivity index (χ2v) is 8.25. The SMILES string of the molecule is CC(O)NS(=O)[O-].NC(=O)CC(NC(=O)OCc1ccccc1)C(=O)NC(Cc1ccccc1)C(=O)O. The molecule has 0 saturated heterocycles. The molecule has 0 spiro atoms. The molecule has 0 aliphatic heterocycles. The molecule has 202 valence electrons. The lowest BCUT2D eigenvalue weighted by molar-refractivity contribution is -0.142. The van der Waals surface area contributed by atoms with Crippen molar-refractivity contribution in [3.8, 4) is 0 Å². The number of benzene rings is 2. The van der Waals surface area contributed by atoms with E-state index in [-0.39, 0.29) is 13.0 Å². The maximum absolute atomic E-state index is 12.5. The standard InChI is InChI=1S/C21H23N3O6.C2H7NO3S/c22-18(25)12-16(24-21(29)30-13-15-9-5-2-6-10-15)19(26)23-17(20(27)28)11-14-7-3-1-4-8-14;1-2(4)3-7(5)6/h1-10,16-17H,11-13H2,(H2,22,25)(H,23,26)(H,24,29)(H,27,28);2-4H,1H3,(H,5,6)/p-1. The lowest BCUT2D eigenvalue weighted by atomic mass is 10.1. The number of rotatable bonds is 12. The molecule has 0 aromatic heterocycles. The van der Waals surface area contributed by atoms with E-state index in [1.54, 1.807) is 59.3 Å². The Labute approximate surface area is 215 Å². The molecule has 0 bridgehead atoms. The van der Waals surface area contributed by atoms with Crippen molar-refractivity contribution in [1.29, 1.82) is 0 Å². The molecule has 2 rings (SSSR count). The van der Waals surface area contributed by atoms with E-state index in [0.29, 0.717) is 5.56 Å². The number of alkyl carbamates (subject to hydrolysis) is 1. The Balaban J connectivity index is 0.000000856. The van der Waals surface area contributed by atoms with Crippen molar-refractivity contribution in [2.24, 2.45) is 5.73 Å². The molecule has 13 nitrogen and oxygen atoms in total. The quantitative estimate of drug-likeness (QED) is 0.154. The van der Waals surface area contributed by atoms with Crippen LogP contribution in [0.25, 0.3) is 0 Å². The molecule has 4 atom stereocenters. The third-order valence-corrected chi connectivity index (χ3v) is 4.92. The summed E-state index contributed by atoms with van der Waals surface area (Å²) >= 11 is -2.35. The number of aliphatic carboxylic acids is 1. The molecule has 3 amide bonds. The molecule has 7 N–H and O–H groups in total. The minimum atomic E-state index is -2.35. The summed E-state index contributed by atoms with van der Waals surface area (Å²) in [6, 6.07) is 15.0. The zero-order chi connectivity index (χ0) is 27.8. The fourth-order valence-electron chi connectivity index (χ4n) is 2.78. The number of carboxylic acids is 1. The summed E-state index contributed by atoms with van der Waals surface area (Å²) in [5.74, 6) is -2.95. The third kappa shape index (κ3) is 14.3. The van der Waals surface area contributed by atoms with E-state index in [2.05, 4.69) is 10.6 Å². The molecular formula is C23H29N4O9S-. The fourth-order valence-corrected chi connectivity index (χ4v) is 3.06. The summed E-state index contributed by atoms with van der Waals surface area (Å²) in [4.78, 5) is 47.4. The minimum Gasteiger partial charge on any atom is -0.760 e. The maximum Gasteiger partial charge on any atom is 0.408 e. The van der Waals surface area contributed by atoms with Crippen molar-refractivity contribution in [3.05, 3.63) is 71.8 Å². The van der Waals surface area contributed by atoms with Gasteiger partial charge in [0.2, 0.25) is 11.8 Å². The van der Waals surface area contributed by atoms with E-state index in [9.17, 15) is 33.0 Å². The van der Waals surface area contributed by atoms with Crippen LogP contribution in [0.1, 0.15) is 24.5 Å². The van der Waals surface area contributed by atoms with Gasteiger partial charge in [-0.2, -0.15) is 0 Å². The Morgan fingerprint density at radius 2 is 1.51 bits per heavy atom. The molecule has 0 saturated carbocycles. The number of carboxylic acid groups (broad SMARTS) is 1. The van der Waals surface area contributed by atoms with Gasteiger partial charge >= 0.3 is 12.1 Å². The predicted octanol–water partition coefficient (Wildman–Crippen LogP) is -0.323. The second kappa shape index (κ2) is 16.8. The largest absolute Gasteiger partial charge is 0.760 e. The van der Waals surface area contributed by atoms with Crippen LogP contribution in [-0.4, -0.2) is 61.2 Å². The predicted molar refractivity (Wildman–Crippen MR) is 131 cm³/mol. The normalized spacial score (nSPS) is 13.5. The molecule has 2 aromatic rings. The first-order chi connectivity index (χ1) is 17.5. The van der Waals surface area contributed by atoms with Crippen LogP contribution in [-0.2, 0) is 43.4 Å². The first-order valence-electron chi connectivity index (χ1n) is 10.8. The van der Waals surface area contributed by atoms with Crippen LogP contribution in [0.5, 0.6) is 0 Å². The molecule has 0 radical (unpaired) electrons. The summed E-state index contributed by atoms with van der Waals surface area (Å²) in [6.45, 7) is 1.28. The monoisotopic (exact) mass is 537 g/mol. The van der Waals surface area contributed by atoms with Crippen molar-refractivity contribution >= 4 is 35.1 Å². The summed E-state index contributed by atoms with van der Waals surface area (Å²) < 4.78 is 25.9. The van der Waals surface area contributed by atoms with Crippen LogP contribution < -0.4 is 21.1 Å². The lowest BCUT2D eigenvalue weighted by Crippen LogP contribution is -2.53. The van der Waals surface area contributed by atoms with Crippen LogP contribution in [0.15, 0.2) is 60.7 Å². The summed E-state index contributed by atoms with van der Waals surface area (Å²) in [6.07, 6.45) is -2.40. The second-order valence-electron chi connectivity index (χ2n) is 7.55. The number of carbonyl (C=O) groups is 4. The van der Waals surface area contributed by atoms with E-state index in [0.717, 1.165) is 5.56 Å². The number of aliphatic hydroxyl groups excluding tert-OH is 1. The highest BCUT2D eigenvalue weighted by Crippen LogP contribution is 2.05. The number of aliphatic hydroxyl groups is 1. The summed E-state index contributed by atoms with van der Waals surface area (Å²) in [5, 5.41) is 22.2. The van der Waals surface area contributed by atoms with Gasteiger partial charge in [-0.15, -0.1) is 0 Å². The highest BCUT2D eigenvalue weighted by Gasteiger charge is 2.28. The molecular weight excluding hydrogens is 508 g/mol. The lowest BCUT2D eigenvalue weighted by Gasteiger charge is -2.20. The van der Waals surface area contributed by atoms with Gasteiger partial charge < -0.3 is 35.9 Å². The Kier molecular flexibility index (Phi) is 14.1. The maximum atomic E-state index is 12.5. The highest BCUT2D eigenvalue weighted by molar-refractivity contribution is 7.77. The highest BCUT2D eigenvalue weighted by atomic mass is 32.2. The van der Waals surface area contributed by atoms with E-state index >= 15 is 0 Å². The first-order valence-corrected chi connectivity index (χ1v) is 11.9. The number of hydrogen-bond donors (Lipinski definition) is 6. The van der Waals surface area contributed by atoms with Crippen molar-refractivity contribution in [1.82, 2.24) is 15.4 Å². The van der Waals surface area contributed by atoms with Crippen molar-refractivity contribution in [3.63, 3.8) is 0 Å². The van der Waals surface area contributed by atoms with Gasteiger partial charge in [-0.25, -0.2) is 14.3 Å². The zero-order valence-corrected chi connectivity index (χ0v) is 20.7. The number of hydrogen-bond acceptors (Lipinski definition) is 8.